The highest BCUT2D eigenvalue weighted by atomic mass is 79.9. The Kier molecular flexibility index (Phi) is 5.07. The van der Waals surface area contributed by atoms with Crippen molar-refractivity contribution < 1.29 is 18.3 Å². The van der Waals surface area contributed by atoms with Crippen LogP contribution in [0.15, 0.2) is 41.0 Å². The number of rotatable bonds is 6. The van der Waals surface area contributed by atoms with Crippen LogP contribution in [0.3, 0.4) is 0 Å². The smallest absolute Gasteiger partial charge is 0.154 e. The number of pyridine rings is 1. The minimum Gasteiger partial charge on any atom is -0.492 e. The van der Waals surface area contributed by atoms with E-state index in [-0.39, 0.29) is 19.0 Å². The second kappa shape index (κ2) is 7.11. The van der Waals surface area contributed by atoms with Crippen molar-refractivity contribution in [1.29, 1.82) is 0 Å². The van der Waals surface area contributed by atoms with Gasteiger partial charge in [-0.1, -0.05) is 22.0 Å². The first-order chi connectivity index (χ1) is 11.9. The summed E-state index contributed by atoms with van der Waals surface area (Å²) in [5.41, 5.74) is 1.30. The molecule has 2 heterocycles. The molecule has 0 saturated heterocycles. The van der Waals surface area contributed by atoms with Gasteiger partial charge in [-0.2, -0.15) is 5.10 Å². The van der Waals surface area contributed by atoms with Gasteiger partial charge in [-0.3, -0.25) is 0 Å². The SMILES string of the molecule is CS(=O)(=O)CCOc1cc(Br)cc2c1cnn2-c1cccc(CO)n1. The van der Waals surface area contributed by atoms with E-state index in [1.165, 1.54) is 6.26 Å². The van der Waals surface area contributed by atoms with Crippen molar-refractivity contribution in [3.8, 4) is 11.6 Å². The minimum atomic E-state index is -3.09. The molecule has 2 aromatic heterocycles. The fraction of sp³-hybridized carbons (Fsp3) is 0.250. The number of benzene rings is 1. The molecule has 9 heteroatoms. The normalized spacial score (nSPS) is 11.8. The number of aliphatic hydroxyl groups is 1. The number of hydrogen-bond acceptors (Lipinski definition) is 6. The highest BCUT2D eigenvalue weighted by Gasteiger charge is 2.13. The standard InChI is InChI=1S/C16H16BrN3O4S/c1-25(22,23)6-5-24-15-8-11(17)7-14-13(15)9-18-20(14)16-4-2-3-12(10-21)19-16/h2-4,7-9,21H,5-6,10H2,1H3. The second-order valence-corrected chi connectivity index (χ2v) is 8.69. The predicted molar refractivity (Wildman–Crippen MR) is 97.7 cm³/mol. The van der Waals surface area contributed by atoms with E-state index < -0.39 is 9.84 Å². The molecule has 0 bridgehead atoms. The maximum atomic E-state index is 11.3. The van der Waals surface area contributed by atoms with Crippen LogP contribution in [0.5, 0.6) is 5.75 Å². The summed E-state index contributed by atoms with van der Waals surface area (Å²) in [4.78, 5) is 4.35. The van der Waals surface area contributed by atoms with Gasteiger partial charge < -0.3 is 9.84 Å². The highest BCUT2D eigenvalue weighted by Crippen LogP contribution is 2.31. The molecule has 132 valence electrons. The van der Waals surface area contributed by atoms with Crippen LogP contribution in [0, 0.1) is 0 Å². The van der Waals surface area contributed by atoms with E-state index in [1.54, 1.807) is 35.1 Å². The number of aromatic nitrogens is 3. The lowest BCUT2D eigenvalue weighted by Crippen LogP contribution is -2.12. The van der Waals surface area contributed by atoms with Crippen molar-refractivity contribution in [2.24, 2.45) is 0 Å². The number of aliphatic hydroxyl groups excluding tert-OH is 1. The summed E-state index contributed by atoms with van der Waals surface area (Å²) in [6, 6.07) is 8.96. The van der Waals surface area contributed by atoms with Crippen LogP contribution in [0.25, 0.3) is 16.7 Å². The highest BCUT2D eigenvalue weighted by molar-refractivity contribution is 9.10. The van der Waals surface area contributed by atoms with Crippen molar-refractivity contribution in [3.05, 3.63) is 46.7 Å². The molecule has 0 amide bonds. The lowest BCUT2D eigenvalue weighted by molar-refractivity contribution is 0.276. The predicted octanol–water partition coefficient (Wildman–Crippen LogP) is 2.10. The Morgan fingerprint density at radius 3 is 2.84 bits per heavy atom. The number of sulfone groups is 1. The lowest BCUT2D eigenvalue weighted by atomic mass is 10.2. The molecule has 0 radical (unpaired) electrons. The molecule has 1 N–H and O–H groups in total. The average Bonchev–Trinajstić information content (AvgIpc) is 2.97. The third-order valence-corrected chi connectivity index (χ3v) is 4.86. The fourth-order valence-electron chi connectivity index (χ4n) is 2.34. The molecule has 3 rings (SSSR count). The summed E-state index contributed by atoms with van der Waals surface area (Å²) in [5, 5.41) is 14.4. The lowest BCUT2D eigenvalue weighted by Gasteiger charge is -2.09. The van der Waals surface area contributed by atoms with Crippen LogP contribution < -0.4 is 4.74 Å². The maximum absolute atomic E-state index is 11.3. The van der Waals surface area contributed by atoms with Gasteiger partial charge in [0.05, 0.1) is 35.2 Å². The first-order valence-electron chi connectivity index (χ1n) is 7.42. The van der Waals surface area contributed by atoms with Crippen molar-refractivity contribution >= 4 is 36.7 Å². The molecule has 0 unspecified atom stereocenters. The first kappa shape index (κ1) is 17.8. The Morgan fingerprint density at radius 1 is 1.32 bits per heavy atom. The average molecular weight is 426 g/mol. The fourth-order valence-corrected chi connectivity index (χ4v) is 3.15. The second-order valence-electron chi connectivity index (χ2n) is 5.52. The summed E-state index contributed by atoms with van der Waals surface area (Å²) in [6.07, 6.45) is 2.82. The van der Waals surface area contributed by atoms with Gasteiger partial charge in [-0.05, 0) is 24.3 Å². The van der Waals surface area contributed by atoms with Gasteiger partial charge in [0.25, 0.3) is 0 Å². The van der Waals surface area contributed by atoms with Crippen LogP contribution in [-0.2, 0) is 16.4 Å². The third-order valence-electron chi connectivity index (χ3n) is 3.50. The van der Waals surface area contributed by atoms with Gasteiger partial charge in [0.2, 0.25) is 0 Å². The molecular formula is C16H16BrN3O4S. The maximum Gasteiger partial charge on any atom is 0.154 e. The van der Waals surface area contributed by atoms with Gasteiger partial charge >= 0.3 is 0 Å². The van der Waals surface area contributed by atoms with Crippen molar-refractivity contribution in [2.75, 3.05) is 18.6 Å². The van der Waals surface area contributed by atoms with E-state index in [4.69, 9.17) is 4.74 Å². The summed E-state index contributed by atoms with van der Waals surface area (Å²) < 4.78 is 30.6. The zero-order chi connectivity index (χ0) is 18.0. The molecule has 0 spiro atoms. The Bertz CT molecular complexity index is 1020. The quantitative estimate of drug-likeness (QED) is 0.649. The number of ether oxygens (including phenoxy) is 1. The van der Waals surface area contributed by atoms with E-state index >= 15 is 0 Å². The monoisotopic (exact) mass is 425 g/mol. The van der Waals surface area contributed by atoms with Crippen LogP contribution in [-0.4, -0.2) is 46.9 Å². The van der Waals surface area contributed by atoms with Gasteiger partial charge in [-0.15, -0.1) is 0 Å². The molecule has 7 nitrogen and oxygen atoms in total. The molecule has 0 saturated carbocycles. The number of nitrogens with zero attached hydrogens (tertiary/aromatic N) is 3. The molecule has 0 aliphatic rings. The van der Waals surface area contributed by atoms with Gasteiger partial charge in [0, 0.05) is 10.7 Å². The van der Waals surface area contributed by atoms with Gasteiger partial charge in [0.15, 0.2) is 15.7 Å². The summed E-state index contributed by atoms with van der Waals surface area (Å²) in [5.74, 6) is 1.05. The molecule has 1 aromatic carbocycles. The van der Waals surface area contributed by atoms with Gasteiger partial charge in [0.1, 0.15) is 12.4 Å². The Morgan fingerprint density at radius 2 is 2.12 bits per heavy atom. The molecular weight excluding hydrogens is 410 g/mol. The molecule has 0 fully saturated rings. The Labute approximate surface area is 153 Å². The van der Waals surface area contributed by atoms with Crippen molar-refractivity contribution in [2.45, 2.75) is 6.61 Å². The molecule has 0 atom stereocenters. The van der Waals surface area contributed by atoms with Crippen LogP contribution in [0.1, 0.15) is 5.69 Å². The van der Waals surface area contributed by atoms with E-state index in [1.807, 2.05) is 6.07 Å². The molecule has 0 aliphatic heterocycles. The summed E-state index contributed by atoms with van der Waals surface area (Å²) >= 11 is 3.43. The van der Waals surface area contributed by atoms with Gasteiger partial charge in [-0.25, -0.2) is 18.1 Å². The summed E-state index contributed by atoms with van der Waals surface area (Å²) in [6.45, 7) is -0.0929. The van der Waals surface area contributed by atoms with E-state index in [2.05, 4.69) is 26.0 Å². The number of fused-ring (bicyclic) bond motifs is 1. The van der Waals surface area contributed by atoms with E-state index in [9.17, 15) is 13.5 Å². The van der Waals surface area contributed by atoms with Crippen LogP contribution >= 0.6 is 15.9 Å². The minimum absolute atomic E-state index is 0.0603. The van der Waals surface area contributed by atoms with Crippen molar-refractivity contribution in [1.82, 2.24) is 14.8 Å². The largest absolute Gasteiger partial charge is 0.492 e. The zero-order valence-electron chi connectivity index (χ0n) is 13.4. The molecule has 25 heavy (non-hydrogen) atoms. The Hall–Kier alpha value is -1.97. The number of hydrogen-bond donors (Lipinski definition) is 1. The van der Waals surface area contributed by atoms with Crippen LogP contribution in [0.4, 0.5) is 0 Å². The number of halogens is 1. The topological polar surface area (TPSA) is 94.3 Å². The summed E-state index contributed by atoms with van der Waals surface area (Å²) in [7, 11) is -3.09. The van der Waals surface area contributed by atoms with Crippen molar-refractivity contribution in [3.63, 3.8) is 0 Å². The van der Waals surface area contributed by atoms with E-state index in [0.717, 1.165) is 15.4 Å². The zero-order valence-corrected chi connectivity index (χ0v) is 15.8. The first-order valence-corrected chi connectivity index (χ1v) is 10.3. The molecule has 0 aliphatic carbocycles. The molecule has 3 aromatic rings. The van der Waals surface area contributed by atoms with Crippen LogP contribution in [0.2, 0.25) is 0 Å². The third kappa shape index (κ3) is 4.17. The Balaban J connectivity index is 2.00. The van der Waals surface area contributed by atoms with E-state index in [0.29, 0.717) is 17.3 Å².